The van der Waals surface area contributed by atoms with Gasteiger partial charge in [-0.05, 0) is 142 Å². The molecule has 0 spiro atoms. The zero-order valence-electron chi connectivity index (χ0n) is 33.6. The molecule has 9 atom stereocenters. The van der Waals surface area contributed by atoms with Crippen molar-refractivity contribution in [2.75, 3.05) is 0 Å². The van der Waals surface area contributed by atoms with Crippen LogP contribution in [0, 0.1) is 52.3 Å². The summed E-state index contributed by atoms with van der Waals surface area (Å²) in [7, 11) is 0. The average Bonchev–Trinajstić information content (AvgIpc) is 3.44. The first-order chi connectivity index (χ1) is 23.6. The lowest BCUT2D eigenvalue weighted by molar-refractivity contribution is -0.155. The van der Waals surface area contributed by atoms with Crippen LogP contribution in [0.2, 0.25) is 0 Å². The molecule has 0 aromatic carbocycles. The first-order valence-electron chi connectivity index (χ1n) is 21.9. The van der Waals surface area contributed by atoms with E-state index >= 15 is 0 Å². The predicted octanol–water partition coefficient (Wildman–Crippen LogP) is 14.4. The van der Waals surface area contributed by atoms with E-state index in [0.717, 1.165) is 49.4 Å². The molecule has 2 nitrogen and oxygen atoms in total. The highest BCUT2D eigenvalue weighted by Crippen LogP contribution is 2.67. The van der Waals surface area contributed by atoms with Crippen LogP contribution in [-0.2, 0) is 9.53 Å². The number of carbonyl (C=O) groups excluding carboxylic acids is 1. The third kappa shape index (κ3) is 10.9. The summed E-state index contributed by atoms with van der Waals surface area (Å²) in [4.78, 5) is 12.8. The van der Waals surface area contributed by atoms with Gasteiger partial charge in [0.2, 0.25) is 0 Å². The quantitative estimate of drug-likeness (QED) is 0.0687. The van der Waals surface area contributed by atoms with Gasteiger partial charge >= 0.3 is 5.97 Å². The minimum absolute atomic E-state index is 0.0607. The summed E-state index contributed by atoms with van der Waals surface area (Å²) in [6.45, 7) is 17.2. The second-order valence-corrected chi connectivity index (χ2v) is 18.3. The summed E-state index contributed by atoms with van der Waals surface area (Å²) in [6, 6.07) is 0. The Morgan fingerprint density at radius 2 is 1.43 bits per heavy atom. The fourth-order valence-corrected chi connectivity index (χ4v) is 11.4. The minimum atomic E-state index is 0.0607. The molecule has 0 bridgehead atoms. The maximum atomic E-state index is 12.8. The number of ether oxygens (including phenoxy) is 1. The molecule has 3 saturated carbocycles. The van der Waals surface area contributed by atoms with Crippen molar-refractivity contribution < 1.29 is 9.53 Å². The van der Waals surface area contributed by atoms with E-state index < -0.39 is 0 Å². The Labute approximate surface area is 305 Å². The maximum Gasteiger partial charge on any atom is 0.306 e. The van der Waals surface area contributed by atoms with Crippen molar-refractivity contribution in [1.82, 2.24) is 0 Å². The Morgan fingerprint density at radius 1 is 0.796 bits per heavy atom. The molecule has 0 amide bonds. The topological polar surface area (TPSA) is 26.3 Å². The van der Waals surface area contributed by atoms with E-state index in [9.17, 15) is 4.79 Å². The Balaban J connectivity index is 1.15. The molecule has 4 aliphatic carbocycles. The molecule has 49 heavy (non-hydrogen) atoms. The fourth-order valence-electron chi connectivity index (χ4n) is 11.4. The number of allylic oxidation sites excluding steroid dienone is 6. The molecule has 0 aromatic rings. The highest BCUT2D eigenvalue weighted by molar-refractivity contribution is 5.69. The van der Waals surface area contributed by atoms with Gasteiger partial charge < -0.3 is 4.74 Å². The lowest BCUT2D eigenvalue weighted by Crippen LogP contribution is -2.50. The Kier molecular flexibility index (Phi) is 16.6. The van der Waals surface area contributed by atoms with Crippen molar-refractivity contribution in [1.29, 1.82) is 0 Å². The monoisotopic (exact) mass is 677 g/mol. The van der Waals surface area contributed by atoms with E-state index in [1.807, 2.05) is 5.57 Å². The van der Waals surface area contributed by atoms with E-state index in [1.165, 1.54) is 116 Å². The van der Waals surface area contributed by atoms with Crippen LogP contribution in [-0.4, -0.2) is 12.1 Å². The van der Waals surface area contributed by atoms with Crippen LogP contribution >= 0.6 is 0 Å². The van der Waals surface area contributed by atoms with Gasteiger partial charge in [0.25, 0.3) is 0 Å². The van der Waals surface area contributed by atoms with Crippen molar-refractivity contribution in [3.05, 3.63) is 36.0 Å². The number of fused-ring (bicyclic) bond motifs is 5. The summed E-state index contributed by atoms with van der Waals surface area (Å²) in [5, 5.41) is 0. The van der Waals surface area contributed by atoms with E-state index in [2.05, 4.69) is 78.8 Å². The van der Waals surface area contributed by atoms with Gasteiger partial charge in [-0.15, -0.1) is 0 Å². The molecule has 0 radical (unpaired) electrons. The first-order valence-corrected chi connectivity index (χ1v) is 21.9. The molecule has 280 valence electrons. The van der Waals surface area contributed by atoms with Crippen molar-refractivity contribution in [3.63, 3.8) is 0 Å². The zero-order valence-corrected chi connectivity index (χ0v) is 33.6. The minimum Gasteiger partial charge on any atom is -0.462 e. The number of esters is 1. The number of hydrogen-bond acceptors (Lipinski definition) is 2. The second kappa shape index (κ2) is 20.1. The molecule has 0 N–H and O–H groups in total. The summed E-state index contributed by atoms with van der Waals surface area (Å²) in [5.74, 6) is 5.16. The molecule has 2 heteroatoms. The Hall–Kier alpha value is -1.31. The smallest absolute Gasteiger partial charge is 0.306 e. The van der Waals surface area contributed by atoms with Crippen LogP contribution in [0.5, 0.6) is 0 Å². The molecular formula is C47H80O2. The van der Waals surface area contributed by atoms with Crippen molar-refractivity contribution in [2.45, 2.75) is 202 Å². The average molecular weight is 677 g/mol. The molecular weight excluding hydrogens is 597 g/mol. The zero-order chi connectivity index (χ0) is 35.3. The Bertz CT molecular complexity index is 1070. The fraction of sp³-hybridized carbons (Fsp3) is 0.851. The van der Waals surface area contributed by atoms with Crippen LogP contribution in [0.4, 0.5) is 0 Å². The summed E-state index contributed by atoms with van der Waals surface area (Å²) in [5.41, 5.74) is 2.68. The third-order valence-corrected chi connectivity index (χ3v) is 14.7. The van der Waals surface area contributed by atoms with E-state index in [1.54, 1.807) is 0 Å². The van der Waals surface area contributed by atoms with Crippen molar-refractivity contribution in [3.8, 4) is 0 Å². The molecule has 4 rings (SSSR count). The molecule has 0 unspecified atom stereocenters. The SMILES string of the molecule is CCCCCCCC/C=C\CCCCCCCC(=O)O[C@H]1CC[C@@]2(C)[C@@H](CC=C3[C@@H]2CC[C@]2(C)[C@@H]([C@H](C)C=C[C@@H](CC)C(C)C)CC[C@@H]32)C1. The lowest BCUT2D eigenvalue weighted by Gasteiger charge is -2.58. The molecule has 0 aliphatic heterocycles. The molecule has 0 heterocycles. The molecule has 4 aliphatic rings. The van der Waals surface area contributed by atoms with Gasteiger partial charge in [0, 0.05) is 6.42 Å². The van der Waals surface area contributed by atoms with Gasteiger partial charge in [-0.3, -0.25) is 4.79 Å². The van der Waals surface area contributed by atoms with Gasteiger partial charge in [-0.25, -0.2) is 0 Å². The van der Waals surface area contributed by atoms with Gasteiger partial charge in [0.1, 0.15) is 6.10 Å². The molecule has 0 saturated heterocycles. The van der Waals surface area contributed by atoms with E-state index in [4.69, 9.17) is 4.74 Å². The first kappa shape index (κ1) is 40.5. The van der Waals surface area contributed by atoms with E-state index in [-0.39, 0.29) is 12.1 Å². The van der Waals surface area contributed by atoms with Gasteiger partial charge in [-0.1, -0.05) is 136 Å². The number of rotatable bonds is 21. The standard InChI is InChI=1S/C47H80O2/c1-8-10-11-12-13-14-15-16-17-18-19-20-21-22-23-24-45(48)49-40-31-33-46(6)39(35-40)27-28-41-43-30-29-42(47(43,7)34-32-44(41)46)37(5)25-26-38(9-2)36(3)4/h16-17,25-26,28,36-40,42-44H,8-15,18-24,27,29-35H2,1-7H3/b17-16-,26-25?/t37-,38-,39+,40+,42-,43+,44+,46+,47-/m1/s1. The van der Waals surface area contributed by atoms with Crippen LogP contribution in [0.1, 0.15) is 196 Å². The normalized spacial score (nSPS) is 32.6. The Morgan fingerprint density at radius 3 is 2.10 bits per heavy atom. The largest absolute Gasteiger partial charge is 0.462 e. The van der Waals surface area contributed by atoms with Crippen LogP contribution in [0.3, 0.4) is 0 Å². The second-order valence-electron chi connectivity index (χ2n) is 18.3. The number of unbranched alkanes of at least 4 members (excludes halogenated alkanes) is 11. The maximum absolute atomic E-state index is 12.8. The summed E-state index contributed by atoms with van der Waals surface area (Å²) >= 11 is 0. The van der Waals surface area contributed by atoms with E-state index in [0.29, 0.717) is 35.0 Å². The number of carbonyl (C=O) groups is 1. The highest BCUT2D eigenvalue weighted by atomic mass is 16.5. The lowest BCUT2D eigenvalue weighted by atomic mass is 9.47. The van der Waals surface area contributed by atoms with Gasteiger partial charge in [-0.2, -0.15) is 0 Å². The number of hydrogen-bond donors (Lipinski definition) is 0. The molecule has 3 fully saturated rings. The van der Waals surface area contributed by atoms with Crippen LogP contribution in [0.15, 0.2) is 36.0 Å². The summed E-state index contributed by atoms with van der Waals surface area (Å²) < 4.78 is 6.15. The molecule has 0 aromatic heterocycles. The summed E-state index contributed by atoms with van der Waals surface area (Å²) in [6.07, 6.45) is 41.5. The van der Waals surface area contributed by atoms with Gasteiger partial charge in [0.05, 0.1) is 0 Å². The van der Waals surface area contributed by atoms with Crippen molar-refractivity contribution in [2.24, 2.45) is 52.3 Å². The van der Waals surface area contributed by atoms with Crippen molar-refractivity contribution >= 4 is 5.97 Å². The third-order valence-electron chi connectivity index (χ3n) is 14.7. The van der Waals surface area contributed by atoms with Crippen LogP contribution in [0.25, 0.3) is 0 Å². The predicted molar refractivity (Wildman–Crippen MR) is 211 cm³/mol. The van der Waals surface area contributed by atoms with Gasteiger partial charge in [0.15, 0.2) is 0 Å². The van der Waals surface area contributed by atoms with Crippen LogP contribution < -0.4 is 0 Å². The highest BCUT2D eigenvalue weighted by Gasteiger charge is 2.58.